The molecule has 3 rings (SSSR count). The number of carbonyl (C=O) groups is 1. The third kappa shape index (κ3) is 3.59. The smallest absolute Gasteiger partial charge is 0.338 e. The number of halogens is 1. The maximum Gasteiger partial charge on any atom is 0.338 e. The van der Waals surface area contributed by atoms with Crippen LogP contribution in [-0.2, 0) is 9.53 Å². The van der Waals surface area contributed by atoms with Crippen molar-refractivity contribution in [1.82, 2.24) is 14.8 Å². The molecule has 0 saturated carbocycles. The Kier molecular flexibility index (Phi) is 5.48. The molecule has 1 aliphatic heterocycles. The zero-order chi connectivity index (χ0) is 18.0. The summed E-state index contributed by atoms with van der Waals surface area (Å²) in [5.41, 5.74) is 2.24. The number of anilines is 1. The van der Waals surface area contributed by atoms with Gasteiger partial charge in [0.15, 0.2) is 0 Å². The molecular weight excluding hydrogens is 404 g/mol. The first-order valence-corrected chi connectivity index (χ1v) is 9.82. The topological polar surface area (TPSA) is 69.0 Å². The van der Waals surface area contributed by atoms with Gasteiger partial charge in [-0.1, -0.05) is 46.7 Å². The van der Waals surface area contributed by atoms with Gasteiger partial charge in [-0.2, -0.15) is 4.98 Å². The number of ether oxygens (including phenoxy) is 1. The van der Waals surface area contributed by atoms with Crippen LogP contribution < -0.4 is 5.32 Å². The van der Waals surface area contributed by atoms with Crippen LogP contribution in [0.3, 0.4) is 0 Å². The maximum atomic E-state index is 12.6. The average Bonchev–Trinajstić information content (AvgIpc) is 2.97. The fraction of sp³-hybridized carbons (Fsp3) is 0.353. The van der Waals surface area contributed by atoms with Crippen molar-refractivity contribution in [1.29, 1.82) is 0 Å². The van der Waals surface area contributed by atoms with E-state index in [0.717, 1.165) is 21.5 Å². The molecule has 132 valence electrons. The molecule has 0 fully saturated rings. The fourth-order valence-electron chi connectivity index (χ4n) is 2.75. The van der Waals surface area contributed by atoms with Crippen LogP contribution in [0.15, 0.2) is 45.2 Å². The summed E-state index contributed by atoms with van der Waals surface area (Å²) in [6, 6.07) is 7.48. The zero-order valence-electron chi connectivity index (χ0n) is 14.2. The molecule has 1 atom stereocenters. The summed E-state index contributed by atoms with van der Waals surface area (Å²) in [6.45, 7) is 6.04. The predicted molar refractivity (Wildman–Crippen MR) is 102 cm³/mol. The lowest BCUT2D eigenvalue weighted by atomic mass is 9.96. The minimum absolute atomic E-state index is 0.323. The van der Waals surface area contributed by atoms with Crippen LogP contribution in [0.5, 0.6) is 0 Å². The SMILES string of the molecule is CCOC(=O)C1=C(C)Nc2nc(SCC)nn2C1c1ccc(Br)cc1. The third-order valence-electron chi connectivity index (χ3n) is 3.79. The largest absolute Gasteiger partial charge is 0.463 e. The number of hydrogen-bond acceptors (Lipinski definition) is 6. The van der Waals surface area contributed by atoms with Crippen molar-refractivity contribution in [3.63, 3.8) is 0 Å². The van der Waals surface area contributed by atoms with Gasteiger partial charge in [0.05, 0.1) is 12.2 Å². The fourth-order valence-corrected chi connectivity index (χ4v) is 3.57. The number of benzene rings is 1. The number of hydrogen-bond donors (Lipinski definition) is 1. The number of nitrogens with zero attached hydrogens (tertiary/aromatic N) is 3. The molecule has 0 aliphatic carbocycles. The van der Waals surface area contributed by atoms with E-state index in [2.05, 4.69) is 38.3 Å². The summed E-state index contributed by atoms with van der Waals surface area (Å²) in [5, 5.41) is 8.47. The Labute approximate surface area is 159 Å². The second kappa shape index (κ2) is 7.61. The van der Waals surface area contributed by atoms with Crippen LogP contribution in [0.1, 0.15) is 32.4 Å². The highest BCUT2D eigenvalue weighted by Crippen LogP contribution is 2.36. The van der Waals surface area contributed by atoms with E-state index in [1.54, 1.807) is 23.4 Å². The lowest BCUT2D eigenvalue weighted by Gasteiger charge is -2.28. The summed E-state index contributed by atoms with van der Waals surface area (Å²) in [5.74, 6) is 1.17. The van der Waals surface area contributed by atoms with Crippen LogP contribution >= 0.6 is 27.7 Å². The summed E-state index contributed by atoms with van der Waals surface area (Å²) < 4.78 is 8.02. The minimum atomic E-state index is -0.373. The second-order valence-electron chi connectivity index (χ2n) is 5.43. The van der Waals surface area contributed by atoms with E-state index >= 15 is 0 Å². The quantitative estimate of drug-likeness (QED) is 0.579. The molecule has 0 saturated heterocycles. The molecular formula is C17H19BrN4O2S. The molecule has 0 amide bonds. The summed E-state index contributed by atoms with van der Waals surface area (Å²) >= 11 is 5.02. The lowest BCUT2D eigenvalue weighted by Crippen LogP contribution is -2.29. The van der Waals surface area contributed by atoms with Crippen LogP contribution in [-0.4, -0.2) is 33.1 Å². The van der Waals surface area contributed by atoms with Crippen molar-refractivity contribution in [2.24, 2.45) is 0 Å². The number of nitrogens with one attached hydrogen (secondary N) is 1. The molecule has 2 heterocycles. The lowest BCUT2D eigenvalue weighted by molar-refractivity contribution is -0.139. The molecule has 8 heteroatoms. The number of rotatable bonds is 5. The number of allylic oxidation sites excluding steroid dienone is 1. The Hall–Kier alpha value is -1.80. The highest BCUT2D eigenvalue weighted by molar-refractivity contribution is 9.10. The van der Waals surface area contributed by atoms with Gasteiger partial charge in [0.1, 0.15) is 6.04 Å². The van der Waals surface area contributed by atoms with E-state index in [4.69, 9.17) is 4.74 Å². The standard InChI is InChI=1S/C17H19BrN4O2S/c1-4-24-15(23)13-10(3)19-16-20-17(25-5-2)21-22(16)14(13)11-6-8-12(18)9-7-11/h6-9,14H,4-5H2,1-3H3,(H,19,20,21). The van der Waals surface area contributed by atoms with Crippen molar-refractivity contribution in [2.75, 3.05) is 17.7 Å². The highest BCUT2D eigenvalue weighted by Gasteiger charge is 2.35. The van der Waals surface area contributed by atoms with Gasteiger partial charge in [0.2, 0.25) is 11.1 Å². The van der Waals surface area contributed by atoms with Gasteiger partial charge >= 0.3 is 5.97 Å². The number of aromatic nitrogens is 3. The molecule has 1 aromatic heterocycles. The third-order valence-corrected chi connectivity index (χ3v) is 5.04. The number of thioether (sulfide) groups is 1. The van der Waals surface area contributed by atoms with Crippen LogP contribution in [0, 0.1) is 0 Å². The highest BCUT2D eigenvalue weighted by atomic mass is 79.9. The van der Waals surface area contributed by atoms with E-state index < -0.39 is 0 Å². The molecule has 0 radical (unpaired) electrons. The van der Waals surface area contributed by atoms with E-state index in [-0.39, 0.29) is 12.0 Å². The first-order chi connectivity index (χ1) is 12.0. The summed E-state index contributed by atoms with van der Waals surface area (Å²) in [7, 11) is 0. The van der Waals surface area contributed by atoms with Crippen molar-refractivity contribution < 1.29 is 9.53 Å². The molecule has 0 spiro atoms. The van der Waals surface area contributed by atoms with Crippen molar-refractivity contribution in [3.8, 4) is 0 Å². The molecule has 2 aromatic rings. The second-order valence-corrected chi connectivity index (χ2v) is 7.58. The Balaban J connectivity index is 2.12. The summed E-state index contributed by atoms with van der Waals surface area (Å²) in [4.78, 5) is 17.1. The first-order valence-electron chi connectivity index (χ1n) is 8.04. The van der Waals surface area contributed by atoms with Gasteiger partial charge in [0.25, 0.3) is 0 Å². The molecule has 1 aromatic carbocycles. The average molecular weight is 423 g/mol. The zero-order valence-corrected chi connectivity index (χ0v) is 16.6. The van der Waals surface area contributed by atoms with Crippen molar-refractivity contribution in [2.45, 2.75) is 32.0 Å². The van der Waals surface area contributed by atoms with E-state index in [1.165, 1.54) is 0 Å². The monoisotopic (exact) mass is 422 g/mol. The molecule has 0 bridgehead atoms. The Morgan fingerprint density at radius 1 is 1.36 bits per heavy atom. The van der Waals surface area contributed by atoms with Gasteiger partial charge < -0.3 is 10.1 Å². The van der Waals surface area contributed by atoms with Crippen molar-refractivity contribution >= 4 is 39.6 Å². The number of carbonyl (C=O) groups excluding carboxylic acids is 1. The van der Waals surface area contributed by atoms with Crippen LogP contribution in [0.25, 0.3) is 0 Å². The number of fused-ring (bicyclic) bond motifs is 1. The van der Waals surface area contributed by atoms with Gasteiger partial charge in [0, 0.05) is 10.2 Å². The van der Waals surface area contributed by atoms with Gasteiger partial charge in [-0.3, -0.25) is 0 Å². The van der Waals surface area contributed by atoms with Crippen LogP contribution in [0.2, 0.25) is 0 Å². The molecule has 1 aliphatic rings. The Morgan fingerprint density at radius 2 is 2.08 bits per heavy atom. The van der Waals surface area contributed by atoms with Gasteiger partial charge in [-0.25, -0.2) is 9.48 Å². The normalized spacial score (nSPS) is 16.4. The molecule has 1 N–H and O–H groups in total. The van der Waals surface area contributed by atoms with Gasteiger partial charge in [-0.15, -0.1) is 5.10 Å². The van der Waals surface area contributed by atoms with Crippen LogP contribution in [0.4, 0.5) is 5.95 Å². The van der Waals surface area contributed by atoms with E-state index in [1.807, 2.05) is 31.2 Å². The van der Waals surface area contributed by atoms with Gasteiger partial charge in [-0.05, 0) is 37.3 Å². The predicted octanol–water partition coefficient (Wildman–Crippen LogP) is 4.00. The maximum absolute atomic E-state index is 12.6. The molecule has 6 nitrogen and oxygen atoms in total. The number of esters is 1. The minimum Gasteiger partial charge on any atom is -0.463 e. The molecule has 25 heavy (non-hydrogen) atoms. The van der Waals surface area contributed by atoms with E-state index in [9.17, 15) is 4.79 Å². The molecule has 1 unspecified atom stereocenters. The Morgan fingerprint density at radius 3 is 2.72 bits per heavy atom. The van der Waals surface area contributed by atoms with E-state index in [0.29, 0.717) is 23.3 Å². The van der Waals surface area contributed by atoms with Crippen molar-refractivity contribution in [3.05, 3.63) is 45.6 Å². The summed E-state index contributed by atoms with van der Waals surface area (Å²) in [6.07, 6.45) is 0. The first kappa shape index (κ1) is 18.0. The Bertz CT molecular complexity index is 817.